The largest absolute Gasteiger partial charge is 0.385 e. The van der Waals surface area contributed by atoms with Gasteiger partial charge in [-0.15, -0.1) is 10.2 Å². The van der Waals surface area contributed by atoms with Gasteiger partial charge >= 0.3 is 0 Å². The van der Waals surface area contributed by atoms with Gasteiger partial charge in [0, 0.05) is 10.9 Å². The van der Waals surface area contributed by atoms with Gasteiger partial charge in [-0.3, -0.25) is 4.40 Å². The summed E-state index contributed by atoms with van der Waals surface area (Å²) in [5, 5.41) is 8.31. The lowest BCUT2D eigenvalue weighted by atomic mass is 10.1. The summed E-state index contributed by atoms with van der Waals surface area (Å²) in [7, 11) is 0. The average Bonchev–Trinajstić information content (AvgIpc) is 2.77. The van der Waals surface area contributed by atoms with E-state index in [-0.39, 0.29) is 0 Å². The molecule has 0 unspecified atom stereocenters. The summed E-state index contributed by atoms with van der Waals surface area (Å²) >= 11 is 3.42. The number of hydrogen-bond donors (Lipinski definition) is 1. The fourth-order valence-corrected chi connectivity index (χ4v) is 2.19. The minimum absolute atomic E-state index is 0.657. The Morgan fingerprint density at radius 3 is 2.61 bits per heavy atom. The Morgan fingerprint density at radius 1 is 1.06 bits per heavy atom. The van der Waals surface area contributed by atoms with E-state index in [0.717, 1.165) is 15.9 Å². The molecule has 0 radical (unpaired) electrons. The molecule has 0 bridgehead atoms. The van der Waals surface area contributed by atoms with Gasteiger partial charge in [0.2, 0.25) is 0 Å². The smallest absolute Gasteiger partial charge is 0.162 e. The normalized spacial score (nSPS) is 10.9. The van der Waals surface area contributed by atoms with Crippen molar-refractivity contribution in [1.29, 1.82) is 0 Å². The number of nitrogens with two attached hydrogens (primary N) is 1. The standard InChI is InChI=1S/C13H11BrN4/c14-10-6-4-9(5-7-10)8-13-17-16-12-3-1-2-11(15)18(12)13/h1-7H,8,15H2. The third-order valence-corrected chi connectivity index (χ3v) is 3.33. The molecule has 1 aromatic carbocycles. The minimum atomic E-state index is 0.657. The van der Waals surface area contributed by atoms with Crippen molar-refractivity contribution >= 4 is 27.4 Å². The first-order chi connectivity index (χ1) is 8.74. The molecule has 0 fully saturated rings. The summed E-state index contributed by atoms with van der Waals surface area (Å²) in [4.78, 5) is 0. The third kappa shape index (κ3) is 1.97. The number of nitrogen functional groups attached to an aromatic ring is 1. The van der Waals surface area contributed by atoms with Crippen molar-refractivity contribution in [1.82, 2.24) is 14.6 Å². The topological polar surface area (TPSA) is 56.2 Å². The van der Waals surface area contributed by atoms with E-state index in [1.54, 1.807) is 0 Å². The molecule has 0 spiro atoms. The number of nitrogens with zero attached hydrogens (tertiary/aromatic N) is 3. The molecule has 0 aliphatic carbocycles. The van der Waals surface area contributed by atoms with E-state index < -0.39 is 0 Å². The Balaban J connectivity index is 2.02. The summed E-state index contributed by atoms with van der Waals surface area (Å²) in [6, 6.07) is 13.8. The molecule has 18 heavy (non-hydrogen) atoms. The van der Waals surface area contributed by atoms with Gasteiger partial charge in [0.05, 0.1) is 0 Å². The number of pyridine rings is 1. The number of aromatic nitrogens is 3. The van der Waals surface area contributed by atoms with Gasteiger partial charge in [0.15, 0.2) is 5.65 Å². The summed E-state index contributed by atoms with van der Waals surface area (Å²) < 4.78 is 2.94. The van der Waals surface area contributed by atoms with Crippen molar-refractivity contribution in [3.8, 4) is 0 Å². The van der Waals surface area contributed by atoms with E-state index in [4.69, 9.17) is 5.73 Å². The number of hydrogen-bond acceptors (Lipinski definition) is 3. The molecule has 0 aliphatic heterocycles. The highest BCUT2D eigenvalue weighted by Crippen LogP contribution is 2.16. The minimum Gasteiger partial charge on any atom is -0.385 e. The zero-order valence-electron chi connectivity index (χ0n) is 9.55. The first-order valence-electron chi connectivity index (χ1n) is 5.57. The van der Waals surface area contributed by atoms with Crippen LogP contribution in [0.4, 0.5) is 5.82 Å². The number of halogens is 1. The van der Waals surface area contributed by atoms with Crippen LogP contribution in [0.3, 0.4) is 0 Å². The second kappa shape index (κ2) is 4.42. The molecule has 0 amide bonds. The fourth-order valence-electron chi connectivity index (χ4n) is 1.93. The van der Waals surface area contributed by atoms with Crippen LogP contribution in [0.25, 0.3) is 5.65 Å². The van der Waals surface area contributed by atoms with Crippen LogP contribution in [-0.4, -0.2) is 14.6 Å². The first kappa shape index (κ1) is 11.2. The van der Waals surface area contributed by atoms with E-state index >= 15 is 0 Å². The van der Waals surface area contributed by atoms with Gasteiger partial charge in [-0.25, -0.2) is 0 Å². The molecule has 2 heterocycles. The lowest BCUT2D eigenvalue weighted by molar-refractivity contribution is 0.939. The third-order valence-electron chi connectivity index (χ3n) is 2.80. The molecule has 0 saturated heterocycles. The average molecular weight is 303 g/mol. The second-order valence-corrected chi connectivity index (χ2v) is 4.98. The van der Waals surface area contributed by atoms with Gasteiger partial charge in [-0.05, 0) is 29.8 Å². The van der Waals surface area contributed by atoms with Gasteiger partial charge in [-0.1, -0.05) is 34.1 Å². The monoisotopic (exact) mass is 302 g/mol. The van der Waals surface area contributed by atoms with Crippen LogP contribution in [0.1, 0.15) is 11.4 Å². The van der Waals surface area contributed by atoms with Crippen LogP contribution in [0, 0.1) is 0 Å². The van der Waals surface area contributed by atoms with Crippen LogP contribution in [-0.2, 0) is 6.42 Å². The van der Waals surface area contributed by atoms with Crippen LogP contribution < -0.4 is 5.73 Å². The molecule has 0 saturated carbocycles. The lowest BCUT2D eigenvalue weighted by Gasteiger charge is -2.03. The van der Waals surface area contributed by atoms with E-state index in [0.29, 0.717) is 12.2 Å². The van der Waals surface area contributed by atoms with Crippen LogP contribution in [0.5, 0.6) is 0 Å². The van der Waals surface area contributed by atoms with E-state index in [9.17, 15) is 0 Å². The number of fused-ring (bicyclic) bond motifs is 1. The summed E-state index contributed by atoms with van der Waals surface area (Å²) in [6.07, 6.45) is 0.711. The van der Waals surface area contributed by atoms with Crippen molar-refractivity contribution in [2.24, 2.45) is 0 Å². The van der Waals surface area contributed by atoms with Gasteiger partial charge in [0.25, 0.3) is 0 Å². The van der Waals surface area contributed by atoms with Gasteiger partial charge in [-0.2, -0.15) is 0 Å². The highest BCUT2D eigenvalue weighted by molar-refractivity contribution is 9.10. The Morgan fingerprint density at radius 2 is 1.83 bits per heavy atom. The van der Waals surface area contributed by atoms with Crippen molar-refractivity contribution in [2.45, 2.75) is 6.42 Å². The van der Waals surface area contributed by atoms with Gasteiger partial charge < -0.3 is 5.73 Å². The maximum absolute atomic E-state index is 5.95. The molecule has 2 aromatic heterocycles. The van der Waals surface area contributed by atoms with Crippen LogP contribution in [0.15, 0.2) is 46.9 Å². The van der Waals surface area contributed by atoms with Gasteiger partial charge in [0.1, 0.15) is 11.6 Å². The molecule has 0 atom stereocenters. The van der Waals surface area contributed by atoms with E-state index in [2.05, 4.69) is 38.3 Å². The molecule has 5 heteroatoms. The fraction of sp³-hybridized carbons (Fsp3) is 0.0769. The van der Waals surface area contributed by atoms with Crippen LogP contribution in [0.2, 0.25) is 0 Å². The van der Waals surface area contributed by atoms with Crippen molar-refractivity contribution in [3.63, 3.8) is 0 Å². The summed E-state index contributed by atoms with van der Waals surface area (Å²) in [6.45, 7) is 0. The predicted octanol–water partition coefficient (Wildman–Crippen LogP) is 2.66. The van der Waals surface area contributed by atoms with Crippen molar-refractivity contribution < 1.29 is 0 Å². The number of anilines is 1. The van der Waals surface area contributed by atoms with Crippen molar-refractivity contribution in [3.05, 3.63) is 58.3 Å². The SMILES string of the molecule is Nc1cccc2nnc(Cc3ccc(Br)cc3)n12. The molecule has 3 aromatic rings. The van der Waals surface area contributed by atoms with E-state index in [1.807, 2.05) is 34.7 Å². The molecule has 3 rings (SSSR count). The van der Waals surface area contributed by atoms with E-state index in [1.165, 1.54) is 5.56 Å². The Bertz CT molecular complexity index is 688. The Kier molecular flexibility index (Phi) is 2.76. The molecule has 2 N–H and O–H groups in total. The number of benzene rings is 1. The maximum Gasteiger partial charge on any atom is 0.162 e. The summed E-state index contributed by atoms with van der Waals surface area (Å²) in [5.74, 6) is 1.51. The zero-order valence-corrected chi connectivity index (χ0v) is 11.1. The molecule has 4 nitrogen and oxygen atoms in total. The highest BCUT2D eigenvalue weighted by Gasteiger charge is 2.08. The zero-order chi connectivity index (χ0) is 12.5. The second-order valence-electron chi connectivity index (χ2n) is 4.06. The first-order valence-corrected chi connectivity index (χ1v) is 6.36. The predicted molar refractivity (Wildman–Crippen MR) is 74.3 cm³/mol. The summed E-state index contributed by atoms with van der Waals surface area (Å²) in [5.41, 5.74) is 7.91. The maximum atomic E-state index is 5.95. The Labute approximate surface area is 113 Å². The van der Waals surface area contributed by atoms with Crippen molar-refractivity contribution in [2.75, 3.05) is 5.73 Å². The quantitative estimate of drug-likeness (QED) is 0.792. The molecule has 90 valence electrons. The number of rotatable bonds is 2. The molecular weight excluding hydrogens is 292 g/mol. The lowest BCUT2D eigenvalue weighted by Crippen LogP contribution is -2.01. The van der Waals surface area contributed by atoms with Crippen LogP contribution >= 0.6 is 15.9 Å². The molecule has 0 aliphatic rings. The Hall–Kier alpha value is -1.88. The highest BCUT2D eigenvalue weighted by atomic mass is 79.9. The molecular formula is C13H11BrN4.